The van der Waals surface area contributed by atoms with Gasteiger partial charge in [0.05, 0.1) is 22.6 Å². The van der Waals surface area contributed by atoms with Gasteiger partial charge in [-0.05, 0) is 63.1 Å². The molecular formula is C27H27N3O2. The number of hydrogen-bond acceptors (Lipinski definition) is 3. The molecule has 1 heterocycles. The summed E-state index contributed by atoms with van der Waals surface area (Å²) in [5.41, 5.74) is 4.91. The van der Waals surface area contributed by atoms with Gasteiger partial charge in [0.15, 0.2) is 0 Å². The first kappa shape index (κ1) is 21.5. The van der Waals surface area contributed by atoms with Gasteiger partial charge in [0.25, 0.3) is 11.5 Å². The molecule has 5 heteroatoms. The molecule has 0 aliphatic rings. The van der Waals surface area contributed by atoms with Gasteiger partial charge < -0.3 is 4.90 Å². The van der Waals surface area contributed by atoms with Gasteiger partial charge in [-0.25, -0.2) is 4.98 Å². The number of carbonyl (C=O) groups excluding carboxylic acids is 1. The minimum Gasteiger partial charge on any atom is -0.332 e. The topological polar surface area (TPSA) is 55.2 Å². The molecule has 0 aliphatic heterocycles. The molecule has 0 saturated carbocycles. The maximum absolute atomic E-state index is 13.6. The van der Waals surface area contributed by atoms with Crippen molar-refractivity contribution in [1.29, 1.82) is 0 Å². The van der Waals surface area contributed by atoms with Crippen molar-refractivity contribution in [2.45, 2.75) is 33.7 Å². The van der Waals surface area contributed by atoms with Crippen LogP contribution in [0.1, 0.15) is 45.8 Å². The third kappa shape index (κ3) is 3.71. The highest BCUT2D eigenvalue weighted by molar-refractivity contribution is 5.95. The van der Waals surface area contributed by atoms with Crippen LogP contribution in [0.15, 0.2) is 71.5 Å². The molecule has 5 nitrogen and oxygen atoms in total. The zero-order valence-corrected chi connectivity index (χ0v) is 19.1. The van der Waals surface area contributed by atoms with Gasteiger partial charge >= 0.3 is 0 Å². The van der Waals surface area contributed by atoms with Crippen LogP contribution in [-0.4, -0.2) is 27.4 Å². The number of nitrogens with zero attached hydrogens (tertiary/aromatic N) is 3. The third-order valence-electron chi connectivity index (χ3n) is 6.05. The van der Waals surface area contributed by atoms with E-state index in [9.17, 15) is 9.59 Å². The molecular weight excluding hydrogens is 398 g/mol. The Balaban J connectivity index is 1.92. The largest absolute Gasteiger partial charge is 0.332 e. The number of para-hydroxylation sites is 1. The van der Waals surface area contributed by atoms with E-state index in [1.54, 1.807) is 22.6 Å². The van der Waals surface area contributed by atoms with Crippen molar-refractivity contribution in [3.8, 4) is 5.69 Å². The van der Waals surface area contributed by atoms with Crippen molar-refractivity contribution in [2.75, 3.05) is 7.05 Å². The van der Waals surface area contributed by atoms with Crippen LogP contribution >= 0.6 is 0 Å². The minimum absolute atomic E-state index is 0.106. The van der Waals surface area contributed by atoms with E-state index < -0.39 is 6.04 Å². The number of hydrogen-bond donors (Lipinski definition) is 0. The van der Waals surface area contributed by atoms with E-state index in [0.717, 1.165) is 22.4 Å². The highest BCUT2D eigenvalue weighted by Gasteiger charge is 2.26. The smallest absolute Gasteiger partial charge is 0.266 e. The fourth-order valence-corrected chi connectivity index (χ4v) is 4.07. The summed E-state index contributed by atoms with van der Waals surface area (Å²) in [4.78, 5) is 33.4. The van der Waals surface area contributed by atoms with Crippen molar-refractivity contribution in [3.05, 3.63) is 105 Å². The molecule has 0 radical (unpaired) electrons. The number of aromatic nitrogens is 2. The van der Waals surface area contributed by atoms with Gasteiger partial charge in [-0.3, -0.25) is 14.2 Å². The Morgan fingerprint density at radius 3 is 2.34 bits per heavy atom. The highest BCUT2D eigenvalue weighted by Crippen LogP contribution is 2.25. The lowest BCUT2D eigenvalue weighted by Gasteiger charge is -2.28. The number of benzene rings is 3. The first-order valence-corrected chi connectivity index (χ1v) is 10.7. The average molecular weight is 426 g/mol. The first-order valence-electron chi connectivity index (χ1n) is 10.7. The van der Waals surface area contributed by atoms with Crippen molar-refractivity contribution < 1.29 is 4.79 Å². The van der Waals surface area contributed by atoms with Crippen LogP contribution in [-0.2, 0) is 0 Å². The number of fused-ring (bicyclic) bond motifs is 1. The minimum atomic E-state index is -0.430. The summed E-state index contributed by atoms with van der Waals surface area (Å²) in [6.45, 7) is 7.84. The maximum Gasteiger partial charge on any atom is 0.266 e. The van der Waals surface area contributed by atoms with Gasteiger partial charge in [0, 0.05) is 12.6 Å². The molecule has 32 heavy (non-hydrogen) atoms. The van der Waals surface area contributed by atoms with Crippen molar-refractivity contribution in [3.63, 3.8) is 0 Å². The van der Waals surface area contributed by atoms with E-state index >= 15 is 0 Å². The molecule has 0 saturated heterocycles. The lowest BCUT2D eigenvalue weighted by atomic mass is 10.1. The molecule has 1 atom stereocenters. The van der Waals surface area contributed by atoms with Gasteiger partial charge in [0.2, 0.25) is 0 Å². The Morgan fingerprint density at radius 1 is 0.938 bits per heavy atom. The standard InChI is InChI=1S/C27H27N3O2/c1-17-14-15-24(19(3)16-17)30-25(28-23-13-9-8-12-22(23)27(30)32)20(4)29(5)26(31)21-11-7-6-10-18(21)2/h6-16,20H,1-5H3. The molecule has 4 rings (SSSR count). The lowest BCUT2D eigenvalue weighted by molar-refractivity contribution is 0.0734. The zero-order chi connectivity index (χ0) is 23.0. The third-order valence-corrected chi connectivity index (χ3v) is 6.05. The van der Waals surface area contributed by atoms with Crippen LogP contribution in [0, 0.1) is 20.8 Å². The highest BCUT2D eigenvalue weighted by atomic mass is 16.2. The van der Waals surface area contributed by atoms with Gasteiger partial charge in [0.1, 0.15) is 5.82 Å². The molecule has 1 unspecified atom stereocenters. The number of carbonyl (C=O) groups is 1. The fourth-order valence-electron chi connectivity index (χ4n) is 4.07. The summed E-state index contributed by atoms with van der Waals surface area (Å²) in [5.74, 6) is 0.426. The quantitative estimate of drug-likeness (QED) is 0.455. The molecule has 0 fully saturated rings. The Hall–Kier alpha value is -3.73. The normalized spacial score (nSPS) is 12.0. The first-order chi connectivity index (χ1) is 15.3. The average Bonchev–Trinajstić information content (AvgIpc) is 2.78. The molecule has 1 aromatic heterocycles. The van der Waals surface area contributed by atoms with Gasteiger partial charge in [-0.15, -0.1) is 0 Å². The fraction of sp³-hybridized carbons (Fsp3) is 0.222. The van der Waals surface area contributed by atoms with Crippen LogP contribution in [0.2, 0.25) is 0 Å². The summed E-state index contributed by atoms with van der Waals surface area (Å²) in [6.07, 6.45) is 0. The predicted octanol–water partition coefficient (Wildman–Crippen LogP) is 5.14. The Bertz CT molecular complexity index is 1390. The lowest BCUT2D eigenvalue weighted by Crippen LogP contribution is -2.35. The summed E-state index contributed by atoms with van der Waals surface area (Å²) in [7, 11) is 1.76. The van der Waals surface area contributed by atoms with Gasteiger partial charge in [-0.2, -0.15) is 0 Å². The zero-order valence-electron chi connectivity index (χ0n) is 19.1. The summed E-state index contributed by atoms with van der Waals surface area (Å²) in [5, 5.41) is 0.552. The molecule has 0 aliphatic carbocycles. The van der Waals surface area contributed by atoms with Gasteiger partial charge in [-0.1, -0.05) is 48.0 Å². The Morgan fingerprint density at radius 2 is 1.62 bits per heavy atom. The number of aryl methyl sites for hydroxylation is 3. The summed E-state index contributed by atoms with van der Waals surface area (Å²) in [6, 6.07) is 20.4. The predicted molar refractivity (Wildman–Crippen MR) is 129 cm³/mol. The number of amides is 1. The second kappa shape index (κ2) is 8.42. The van der Waals surface area contributed by atoms with Crippen molar-refractivity contribution >= 4 is 16.8 Å². The van der Waals surface area contributed by atoms with E-state index in [1.807, 2.05) is 88.4 Å². The van der Waals surface area contributed by atoms with Crippen LogP contribution in [0.3, 0.4) is 0 Å². The van der Waals surface area contributed by atoms with E-state index in [-0.39, 0.29) is 11.5 Å². The molecule has 3 aromatic carbocycles. The van der Waals surface area contributed by atoms with E-state index in [1.165, 1.54) is 0 Å². The molecule has 0 N–H and O–H groups in total. The van der Waals surface area contributed by atoms with Crippen molar-refractivity contribution in [2.24, 2.45) is 0 Å². The maximum atomic E-state index is 13.6. The molecule has 0 spiro atoms. The molecule has 0 bridgehead atoms. The SMILES string of the molecule is Cc1ccc(-n2c(C(C)N(C)C(=O)c3ccccc3C)nc3ccccc3c2=O)c(C)c1. The Labute approximate surface area is 188 Å². The van der Waals surface area contributed by atoms with Crippen LogP contribution in [0.5, 0.6) is 0 Å². The molecule has 162 valence electrons. The number of rotatable bonds is 4. The van der Waals surface area contributed by atoms with Crippen LogP contribution < -0.4 is 5.56 Å². The summed E-state index contributed by atoms with van der Waals surface area (Å²) < 4.78 is 1.66. The monoisotopic (exact) mass is 425 g/mol. The second-order valence-electron chi connectivity index (χ2n) is 8.32. The van der Waals surface area contributed by atoms with Crippen molar-refractivity contribution in [1.82, 2.24) is 14.5 Å². The molecule has 4 aromatic rings. The van der Waals surface area contributed by atoms with E-state index in [2.05, 4.69) is 0 Å². The Kier molecular flexibility index (Phi) is 5.66. The summed E-state index contributed by atoms with van der Waals surface area (Å²) >= 11 is 0. The van der Waals surface area contributed by atoms with E-state index in [0.29, 0.717) is 22.3 Å². The van der Waals surface area contributed by atoms with E-state index in [4.69, 9.17) is 4.98 Å². The second-order valence-corrected chi connectivity index (χ2v) is 8.32. The van der Waals surface area contributed by atoms with Crippen LogP contribution in [0.25, 0.3) is 16.6 Å². The van der Waals surface area contributed by atoms with Crippen LogP contribution in [0.4, 0.5) is 0 Å². The molecule has 1 amide bonds.